The third kappa shape index (κ3) is 3.22. The lowest BCUT2D eigenvalue weighted by molar-refractivity contribution is 0.626. The summed E-state index contributed by atoms with van der Waals surface area (Å²) in [5.74, 6) is -0.358. The molecule has 0 amide bonds. The number of nitrogens with zero attached hydrogens (tertiary/aromatic N) is 4. The van der Waals surface area contributed by atoms with Crippen LogP contribution in [-0.2, 0) is 6.54 Å². The normalized spacial score (nSPS) is 11.3. The zero-order chi connectivity index (χ0) is 19.1. The molecule has 0 aliphatic rings. The van der Waals surface area contributed by atoms with Gasteiger partial charge in [-0.05, 0) is 48.9 Å². The van der Waals surface area contributed by atoms with Crippen molar-refractivity contribution in [1.82, 2.24) is 19.6 Å². The van der Waals surface area contributed by atoms with Gasteiger partial charge in [0.15, 0.2) is 0 Å². The van der Waals surface area contributed by atoms with Gasteiger partial charge in [-0.15, -0.1) is 0 Å². The fourth-order valence-electron chi connectivity index (χ4n) is 2.92. The molecule has 0 radical (unpaired) electrons. The highest BCUT2D eigenvalue weighted by molar-refractivity contribution is 6.35. The molecule has 0 bridgehead atoms. The minimum absolute atomic E-state index is 0.195. The van der Waals surface area contributed by atoms with E-state index in [0.29, 0.717) is 32.3 Å². The van der Waals surface area contributed by atoms with Gasteiger partial charge in [-0.1, -0.05) is 29.3 Å². The molecule has 0 atom stereocenters. The molecule has 2 aromatic carbocycles. The first-order valence-electron chi connectivity index (χ1n) is 8.09. The molecule has 136 valence electrons. The predicted octanol–water partition coefficient (Wildman–Crippen LogP) is 4.38. The maximum atomic E-state index is 13.2. The molecule has 2 aromatic heterocycles. The number of fused-ring (bicyclic) bond motifs is 1. The van der Waals surface area contributed by atoms with Gasteiger partial charge in [-0.3, -0.25) is 4.79 Å². The van der Waals surface area contributed by atoms with Gasteiger partial charge in [0.25, 0.3) is 5.56 Å². The number of halogens is 3. The quantitative estimate of drug-likeness (QED) is 0.510. The summed E-state index contributed by atoms with van der Waals surface area (Å²) in [6.45, 7) is 2.00. The molecule has 27 heavy (non-hydrogen) atoms. The first-order valence-corrected chi connectivity index (χ1v) is 8.85. The largest absolute Gasteiger partial charge is 0.293 e. The smallest absolute Gasteiger partial charge is 0.265 e. The third-order valence-corrected chi connectivity index (χ3v) is 4.86. The van der Waals surface area contributed by atoms with Crippen molar-refractivity contribution in [1.29, 1.82) is 0 Å². The highest BCUT2D eigenvalue weighted by Gasteiger charge is 2.16. The van der Waals surface area contributed by atoms with E-state index in [1.807, 2.05) is 0 Å². The number of rotatable bonds is 3. The lowest BCUT2D eigenvalue weighted by atomic mass is 10.2. The van der Waals surface area contributed by atoms with Crippen LogP contribution in [-0.4, -0.2) is 19.6 Å². The molecule has 0 N–H and O–H groups in total. The Balaban J connectivity index is 1.88. The van der Waals surface area contributed by atoms with Gasteiger partial charge in [-0.2, -0.15) is 10.2 Å². The van der Waals surface area contributed by atoms with Crippen LogP contribution < -0.4 is 5.56 Å². The highest BCUT2D eigenvalue weighted by atomic mass is 35.5. The fourth-order valence-corrected chi connectivity index (χ4v) is 3.39. The summed E-state index contributed by atoms with van der Waals surface area (Å²) in [6, 6.07) is 10.9. The van der Waals surface area contributed by atoms with E-state index in [0.717, 1.165) is 5.56 Å². The van der Waals surface area contributed by atoms with Gasteiger partial charge in [0.05, 0.1) is 24.1 Å². The minimum Gasteiger partial charge on any atom is -0.265 e. The number of hydrogen-bond donors (Lipinski definition) is 0. The summed E-state index contributed by atoms with van der Waals surface area (Å²) in [5, 5.41) is 10.3. The first kappa shape index (κ1) is 17.7. The average Bonchev–Trinajstić information content (AvgIpc) is 3.08. The first-order chi connectivity index (χ1) is 12.9. The molecule has 0 spiro atoms. The fraction of sp³-hybridized carbons (Fsp3) is 0.105. The van der Waals surface area contributed by atoms with Crippen LogP contribution in [0.2, 0.25) is 10.0 Å². The maximum Gasteiger partial charge on any atom is 0.293 e. The Morgan fingerprint density at radius 3 is 2.56 bits per heavy atom. The van der Waals surface area contributed by atoms with Crippen LogP contribution in [0.5, 0.6) is 0 Å². The SMILES string of the molecule is Cc1nn(Cc2ccc(Cl)cc2Cl)c(=O)c2c1cnn2-c1ccc(F)cc1. The van der Waals surface area contributed by atoms with E-state index >= 15 is 0 Å². The Bertz CT molecular complexity index is 1220. The zero-order valence-electron chi connectivity index (χ0n) is 14.2. The van der Waals surface area contributed by atoms with Crippen LogP contribution in [0.1, 0.15) is 11.3 Å². The summed E-state index contributed by atoms with van der Waals surface area (Å²) in [5.41, 5.74) is 2.03. The van der Waals surface area contributed by atoms with Crippen molar-refractivity contribution in [2.75, 3.05) is 0 Å². The van der Waals surface area contributed by atoms with E-state index in [1.165, 1.54) is 21.5 Å². The Labute approximate surface area is 163 Å². The Morgan fingerprint density at radius 1 is 1.11 bits per heavy atom. The van der Waals surface area contributed by atoms with E-state index in [-0.39, 0.29) is 17.9 Å². The zero-order valence-corrected chi connectivity index (χ0v) is 15.7. The molecular weight excluding hydrogens is 390 g/mol. The van der Waals surface area contributed by atoms with Crippen LogP contribution >= 0.6 is 23.2 Å². The van der Waals surface area contributed by atoms with E-state index in [1.54, 1.807) is 43.5 Å². The van der Waals surface area contributed by atoms with Crippen LogP contribution in [0.15, 0.2) is 53.5 Å². The topological polar surface area (TPSA) is 52.7 Å². The van der Waals surface area contributed by atoms with Gasteiger partial charge in [0, 0.05) is 15.4 Å². The minimum atomic E-state index is -0.358. The van der Waals surface area contributed by atoms with Crippen molar-refractivity contribution in [3.8, 4) is 5.69 Å². The summed E-state index contributed by atoms with van der Waals surface area (Å²) in [6.07, 6.45) is 1.59. The number of aromatic nitrogens is 4. The van der Waals surface area contributed by atoms with Gasteiger partial charge < -0.3 is 0 Å². The second-order valence-electron chi connectivity index (χ2n) is 6.08. The molecular formula is C19H13Cl2FN4O. The summed E-state index contributed by atoms with van der Waals surface area (Å²) < 4.78 is 16.1. The molecule has 0 aliphatic heterocycles. The van der Waals surface area contributed by atoms with Gasteiger partial charge >= 0.3 is 0 Å². The van der Waals surface area contributed by atoms with Crippen molar-refractivity contribution in [2.24, 2.45) is 0 Å². The summed E-state index contributed by atoms with van der Waals surface area (Å²) in [4.78, 5) is 13.1. The Hall–Kier alpha value is -2.70. The highest BCUT2D eigenvalue weighted by Crippen LogP contribution is 2.22. The number of hydrogen-bond acceptors (Lipinski definition) is 3. The second-order valence-corrected chi connectivity index (χ2v) is 6.92. The number of benzene rings is 2. The third-order valence-electron chi connectivity index (χ3n) is 4.27. The molecule has 2 heterocycles. The van der Waals surface area contributed by atoms with Gasteiger partial charge in [-0.25, -0.2) is 13.8 Å². The molecule has 0 unspecified atom stereocenters. The van der Waals surface area contributed by atoms with Crippen LogP contribution in [0.4, 0.5) is 4.39 Å². The summed E-state index contributed by atoms with van der Waals surface area (Å²) in [7, 11) is 0. The predicted molar refractivity (Wildman–Crippen MR) is 103 cm³/mol. The molecule has 4 rings (SSSR count). The van der Waals surface area contributed by atoms with Crippen LogP contribution in [0.25, 0.3) is 16.6 Å². The molecule has 5 nitrogen and oxygen atoms in total. The molecule has 4 aromatic rings. The van der Waals surface area contributed by atoms with E-state index in [2.05, 4.69) is 10.2 Å². The van der Waals surface area contributed by atoms with E-state index in [9.17, 15) is 9.18 Å². The van der Waals surface area contributed by atoms with Crippen molar-refractivity contribution >= 4 is 34.1 Å². The van der Waals surface area contributed by atoms with Crippen molar-refractivity contribution in [3.63, 3.8) is 0 Å². The van der Waals surface area contributed by atoms with Crippen molar-refractivity contribution in [3.05, 3.63) is 86.1 Å². The lowest BCUT2D eigenvalue weighted by Crippen LogP contribution is -2.26. The summed E-state index contributed by atoms with van der Waals surface area (Å²) >= 11 is 12.2. The van der Waals surface area contributed by atoms with Crippen molar-refractivity contribution in [2.45, 2.75) is 13.5 Å². The van der Waals surface area contributed by atoms with Gasteiger partial charge in [0.1, 0.15) is 11.3 Å². The van der Waals surface area contributed by atoms with Crippen molar-refractivity contribution < 1.29 is 4.39 Å². The molecule has 0 aliphatic carbocycles. The van der Waals surface area contributed by atoms with E-state index < -0.39 is 0 Å². The molecule has 0 fully saturated rings. The standard InChI is InChI=1S/C19H13Cl2FN4O/c1-11-16-9-23-26(15-6-4-14(22)5-7-15)18(16)19(27)25(24-11)10-12-2-3-13(20)8-17(12)21/h2-9H,10H2,1H3. The molecule has 0 saturated heterocycles. The van der Waals surface area contributed by atoms with E-state index in [4.69, 9.17) is 23.2 Å². The van der Waals surface area contributed by atoms with Crippen LogP contribution in [0.3, 0.4) is 0 Å². The Kier molecular flexibility index (Phi) is 4.45. The maximum absolute atomic E-state index is 13.2. The van der Waals surface area contributed by atoms with Crippen LogP contribution in [0, 0.1) is 12.7 Å². The second kappa shape index (κ2) is 6.79. The Morgan fingerprint density at radius 2 is 1.85 bits per heavy atom. The lowest BCUT2D eigenvalue weighted by Gasteiger charge is -2.10. The molecule has 0 saturated carbocycles. The number of aryl methyl sites for hydroxylation is 1. The monoisotopic (exact) mass is 402 g/mol. The van der Waals surface area contributed by atoms with Gasteiger partial charge in [0.2, 0.25) is 0 Å². The average molecular weight is 403 g/mol. The molecule has 8 heteroatoms.